The third-order valence-corrected chi connectivity index (χ3v) is 2.87. The zero-order valence-electron chi connectivity index (χ0n) is 11.3. The van der Waals surface area contributed by atoms with Crippen molar-refractivity contribution >= 4 is 21.0 Å². The van der Waals surface area contributed by atoms with Gasteiger partial charge in [-0.2, -0.15) is 8.42 Å². The molecule has 0 saturated carbocycles. The Morgan fingerprint density at radius 3 is 1.86 bits per heavy atom. The van der Waals surface area contributed by atoms with E-state index in [9.17, 15) is 8.42 Å². The van der Waals surface area contributed by atoms with Gasteiger partial charge in [0.05, 0.1) is 0 Å². The van der Waals surface area contributed by atoms with Crippen molar-refractivity contribution in [1.82, 2.24) is 0 Å². The molecule has 0 spiro atoms. The summed E-state index contributed by atoms with van der Waals surface area (Å²) in [5, 5.41) is 10.8. The van der Waals surface area contributed by atoms with E-state index in [-0.39, 0.29) is 0 Å². The van der Waals surface area contributed by atoms with Crippen molar-refractivity contribution in [3.05, 3.63) is 72.8 Å². The molecule has 3 rings (SSSR count). The minimum Gasteiger partial charge on any atom is -0.216 e. The summed E-state index contributed by atoms with van der Waals surface area (Å²) < 4.78 is 18.4. The van der Waals surface area contributed by atoms with Crippen LogP contribution in [0.4, 0.5) is 0 Å². The molecule has 0 unspecified atom stereocenters. The Hall–Kier alpha value is -2.21. The lowest BCUT2D eigenvalue weighted by Crippen LogP contribution is -2.21. The van der Waals surface area contributed by atoms with Gasteiger partial charge in [0.1, 0.15) is 0 Å². The summed E-state index contributed by atoms with van der Waals surface area (Å²) in [5.74, 6) is 0. The Morgan fingerprint density at radius 2 is 1.19 bits per heavy atom. The fraction of sp³-hybridized carbons (Fsp3) is 0. The Labute approximate surface area is 124 Å². The van der Waals surface area contributed by atoms with Gasteiger partial charge >= 0.3 is 0 Å². The van der Waals surface area contributed by atoms with Crippen LogP contribution in [0.15, 0.2) is 72.8 Å². The van der Waals surface area contributed by atoms with Crippen LogP contribution in [0.25, 0.3) is 21.9 Å². The molecule has 0 aliphatic rings. The van der Waals surface area contributed by atoms with Gasteiger partial charge in [-0.1, -0.05) is 72.8 Å². The van der Waals surface area contributed by atoms with E-state index in [1.807, 2.05) is 0 Å². The van der Waals surface area contributed by atoms with Gasteiger partial charge in [0.25, 0.3) is 10.2 Å². The van der Waals surface area contributed by atoms with Crippen molar-refractivity contribution < 1.29 is 8.42 Å². The second-order valence-corrected chi connectivity index (χ2v) is 5.66. The summed E-state index contributed by atoms with van der Waals surface area (Å²) in [5.41, 5.74) is 2.58. The number of hydrogen-bond acceptors (Lipinski definition) is 2. The molecule has 0 bridgehead atoms. The van der Waals surface area contributed by atoms with Crippen LogP contribution in [0.1, 0.15) is 0 Å². The molecule has 0 amide bonds. The first-order valence-electron chi connectivity index (χ1n) is 6.29. The summed E-state index contributed by atoms with van der Waals surface area (Å²) in [7, 11) is -3.67. The Kier molecular flexibility index (Phi) is 4.70. The molecule has 4 nitrogen and oxygen atoms in total. The van der Waals surface area contributed by atoms with Crippen molar-refractivity contribution in [2.45, 2.75) is 0 Å². The Morgan fingerprint density at radius 1 is 0.667 bits per heavy atom. The summed E-state index contributed by atoms with van der Waals surface area (Å²) in [6.45, 7) is 0. The van der Waals surface area contributed by atoms with Gasteiger partial charge in [0.2, 0.25) is 0 Å². The van der Waals surface area contributed by atoms with Crippen molar-refractivity contribution in [3.8, 4) is 11.1 Å². The molecule has 3 aromatic carbocycles. The first-order chi connectivity index (χ1) is 9.95. The van der Waals surface area contributed by atoms with E-state index in [2.05, 4.69) is 83.1 Å². The molecule has 0 atom stereocenters. The highest BCUT2D eigenvalue weighted by atomic mass is 32.2. The molecule has 0 aliphatic heterocycles. The second kappa shape index (κ2) is 6.49. The highest BCUT2D eigenvalue weighted by molar-refractivity contribution is 7.86. The fourth-order valence-electron chi connectivity index (χ4n) is 2.09. The molecule has 4 N–H and O–H groups in total. The summed E-state index contributed by atoms with van der Waals surface area (Å²) in [6, 6.07) is 25.5. The molecule has 0 aliphatic carbocycles. The van der Waals surface area contributed by atoms with Gasteiger partial charge in [-0.15, -0.1) is 0 Å². The zero-order chi connectivity index (χ0) is 15.3. The first-order valence-corrected chi connectivity index (χ1v) is 7.90. The lowest BCUT2D eigenvalue weighted by Gasteiger charge is -2.06. The molecule has 108 valence electrons. The topological polar surface area (TPSA) is 86.2 Å². The molecule has 5 heteroatoms. The van der Waals surface area contributed by atoms with Crippen molar-refractivity contribution in [3.63, 3.8) is 0 Å². The SMILES string of the molecule is NS(N)(=O)=O.c1ccc(-c2cccc3ccccc23)cc1. The normalized spacial score (nSPS) is 10.8. The quantitative estimate of drug-likeness (QED) is 0.724. The fourth-order valence-corrected chi connectivity index (χ4v) is 2.09. The summed E-state index contributed by atoms with van der Waals surface area (Å²) in [6.07, 6.45) is 0. The van der Waals surface area contributed by atoms with E-state index in [1.54, 1.807) is 0 Å². The van der Waals surface area contributed by atoms with E-state index in [4.69, 9.17) is 0 Å². The molecular weight excluding hydrogens is 284 g/mol. The van der Waals surface area contributed by atoms with Gasteiger partial charge < -0.3 is 0 Å². The molecule has 21 heavy (non-hydrogen) atoms. The van der Waals surface area contributed by atoms with Gasteiger partial charge in [0.15, 0.2) is 0 Å². The second-order valence-electron chi connectivity index (χ2n) is 4.48. The highest BCUT2D eigenvalue weighted by Crippen LogP contribution is 2.27. The third-order valence-electron chi connectivity index (χ3n) is 2.87. The maximum Gasteiger partial charge on any atom is 0.271 e. The van der Waals surface area contributed by atoms with Crippen LogP contribution >= 0.6 is 0 Å². The molecule has 0 aromatic heterocycles. The first kappa shape index (κ1) is 15.2. The van der Waals surface area contributed by atoms with E-state index >= 15 is 0 Å². The molecule has 0 radical (unpaired) electrons. The van der Waals surface area contributed by atoms with Gasteiger partial charge in [-0.25, -0.2) is 10.3 Å². The van der Waals surface area contributed by atoms with Gasteiger partial charge in [0, 0.05) is 0 Å². The molecule has 0 saturated heterocycles. The van der Waals surface area contributed by atoms with Crippen molar-refractivity contribution in [2.24, 2.45) is 10.3 Å². The van der Waals surface area contributed by atoms with E-state index in [0.29, 0.717) is 0 Å². The minimum absolute atomic E-state index is 1.28. The van der Waals surface area contributed by atoms with Crippen molar-refractivity contribution in [1.29, 1.82) is 0 Å². The Balaban J connectivity index is 0.000000282. The van der Waals surface area contributed by atoms with Gasteiger partial charge in [-0.3, -0.25) is 0 Å². The lowest BCUT2D eigenvalue weighted by atomic mass is 9.98. The molecule has 0 fully saturated rings. The predicted octanol–water partition coefficient (Wildman–Crippen LogP) is 2.66. The van der Waals surface area contributed by atoms with Crippen LogP contribution in [0, 0.1) is 0 Å². The smallest absolute Gasteiger partial charge is 0.216 e. The zero-order valence-corrected chi connectivity index (χ0v) is 12.1. The van der Waals surface area contributed by atoms with Crippen molar-refractivity contribution in [2.75, 3.05) is 0 Å². The van der Waals surface area contributed by atoms with Crippen LogP contribution in [0.3, 0.4) is 0 Å². The Bertz CT molecular complexity index is 818. The highest BCUT2D eigenvalue weighted by Gasteiger charge is 2.01. The lowest BCUT2D eigenvalue weighted by molar-refractivity contribution is 0.599. The monoisotopic (exact) mass is 300 g/mol. The molecule has 0 heterocycles. The largest absolute Gasteiger partial charge is 0.271 e. The summed E-state index contributed by atoms with van der Waals surface area (Å²) in [4.78, 5) is 0. The molecular formula is C16H16N2O2S. The van der Waals surface area contributed by atoms with Crippen LogP contribution in [-0.2, 0) is 10.2 Å². The average molecular weight is 300 g/mol. The summed E-state index contributed by atoms with van der Waals surface area (Å²) >= 11 is 0. The van der Waals surface area contributed by atoms with Gasteiger partial charge in [-0.05, 0) is 21.9 Å². The van der Waals surface area contributed by atoms with E-state index in [1.165, 1.54) is 21.9 Å². The third kappa shape index (κ3) is 4.68. The number of rotatable bonds is 1. The maximum absolute atomic E-state index is 9.19. The number of fused-ring (bicyclic) bond motifs is 1. The number of nitrogens with two attached hydrogens (primary N) is 2. The van der Waals surface area contributed by atoms with E-state index < -0.39 is 10.2 Å². The van der Waals surface area contributed by atoms with Crippen LogP contribution < -0.4 is 10.3 Å². The van der Waals surface area contributed by atoms with Crippen LogP contribution in [0.2, 0.25) is 0 Å². The standard InChI is InChI=1S/C16H12.H4N2O2S/c1-2-7-13(8-3-1)16-12-6-10-14-9-4-5-11-15(14)16;1-5(2,3)4/h1-12H;(H4,1,2,3,4). The maximum atomic E-state index is 9.19. The van der Waals surface area contributed by atoms with E-state index in [0.717, 1.165) is 0 Å². The minimum atomic E-state index is -3.67. The van der Waals surface area contributed by atoms with Crippen LogP contribution in [-0.4, -0.2) is 8.42 Å². The average Bonchev–Trinajstić information content (AvgIpc) is 2.46. The predicted molar refractivity (Wildman–Crippen MR) is 86.7 cm³/mol. The molecule has 3 aromatic rings. The number of benzene rings is 3. The van der Waals surface area contributed by atoms with Crippen LogP contribution in [0.5, 0.6) is 0 Å². The number of hydrogen-bond donors (Lipinski definition) is 2.